The van der Waals surface area contributed by atoms with Gasteiger partial charge in [-0.1, -0.05) is 31.9 Å². The normalized spacial score (nSPS) is 17.7. The third-order valence-electron chi connectivity index (χ3n) is 5.53. The maximum absolute atomic E-state index is 12.6. The van der Waals surface area contributed by atoms with Crippen LogP contribution in [0.4, 0.5) is 0 Å². The number of H-pyrrole nitrogens is 1. The van der Waals surface area contributed by atoms with E-state index in [1.165, 1.54) is 30.3 Å². The van der Waals surface area contributed by atoms with Gasteiger partial charge in [0, 0.05) is 25.6 Å². The number of fused-ring (bicyclic) bond motifs is 1. The summed E-state index contributed by atoms with van der Waals surface area (Å²) in [6.45, 7) is 5.41. The molecule has 152 valence electrons. The molecule has 0 aliphatic carbocycles. The minimum Gasteiger partial charge on any atom is -0.354 e. The predicted octanol–water partition coefficient (Wildman–Crippen LogP) is 3.22. The fourth-order valence-corrected chi connectivity index (χ4v) is 4.17. The molecule has 1 atom stereocenters. The maximum atomic E-state index is 12.6. The van der Waals surface area contributed by atoms with Crippen LogP contribution in [0.1, 0.15) is 45.4 Å². The SMILES string of the molecule is CCCCN1CCCCC1CNC(=O)CCn1c(=S)[nH]c2ccccc2c1=O. The Kier molecular flexibility index (Phi) is 7.39. The number of nitrogens with zero attached hydrogens (tertiary/aromatic N) is 2. The first kappa shape index (κ1) is 20.7. The van der Waals surface area contributed by atoms with Gasteiger partial charge >= 0.3 is 0 Å². The summed E-state index contributed by atoms with van der Waals surface area (Å²) in [6.07, 6.45) is 6.25. The van der Waals surface area contributed by atoms with E-state index in [4.69, 9.17) is 12.2 Å². The second kappa shape index (κ2) is 9.98. The molecule has 6 nitrogen and oxygen atoms in total. The number of piperidine rings is 1. The highest BCUT2D eigenvalue weighted by Crippen LogP contribution is 2.17. The highest BCUT2D eigenvalue weighted by atomic mass is 32.1. The number of unbranched alkanes of at least 4 members (excludes halogenated alkanes) is 1. The minimum absolute atomic E-state index is 0.0320. The number of nitrogens with one attached hydrogen (secondary N) is 2. The van der Waals surface area contributed by atoms with Crippen LogP contribution in [0.15, 0.2) is 29.1 Å². The van der Waals surface area contributed by atoms with Crippen LogP contribution >= 0.6 is 12.2 Å². The molecule has 28 heavy (non-hydrogen) atoms. The molecule has 1 aromatic heterocycles. The molecule has 1 aliphatic heterocycles. The Morgan fingerprint density at radius 2 is 2.11 bits per heavy atom. The van der Waals surface area contributed by atoms with Crippen LogP contribution in [-0.2, 0) is 11.3 Å². The summed E-state index contributed by atoms with van der Waals surface area (Å²) in [7, 11) is 0. The monoisotopic (exact) mass is 402 g/mol. The zero-order valence-corrected chi connectivity index (χ0v) is 17.4. The quantitative estimate of drug-likeness (QED) is 0.665. The molecule has 0 bridgehead atoms. The van der Waals surface area contributed by atoms with Gasteiger partial charge in [-0.3, -0.25) is 19.1 Å². The van der Waals surface area contributed by atoms with E-state index in [2.05, 4.69) is 22.1 Å². The number of rotatable bonds is 8. The zero-order chi connectivity index (χ0) is 19.9. The molecule has 0 spiro atoms. The van der Waals surface area contributed by atoms with E-state index in [1.807, 2.05) is 18.2 Å². The van der Waals surface area contributed by atoms with Crippen LogP contribution in [0.25, 0.3) is 10.9 Å². The van der Waals surface area contributed by atoms with Crippen molar-refractivity contribution >= 4 is 29.0 Å². The number of hydrogen-bond donors (Lipinski definition) is 2. The number of aromatic nitrogens is 2. The largest absolute Gasteiger partial charge is 0.354 e. The number of likely N-dealkylation sites (tertiary alicyclic amines) is 1. The maximum Gasteiger partial charge on any atom is 0.262 e. The van der Waals surface area contributed by atoms with Crippen molar-refractivity contribution in [1.82, 2.24) is 19.8 Å². The topological polar surface area (TPSA) is 70.1 Å². The molecule has 1 unspecified atom stereocenters. The van der Waals surface area contributed by atoms with Gasteiger partial charge in [0.25, 0.3) is 5.56 Å². The smallest absolute Gasteiger partial charge is 0.262 e. The summed E-state index contributed by atoms with van der Waals surface area (Å²) in [5, 5.41) is 3.65. The Morgan fingerprint density at radius 1 is 1.29 bits per heavy atom. The fourth-order valence-electron chi connectivity index (χ4n) is 3.88. The van der Waals surface area contributed by atoms with E-state index in [0.29, 0.717) is 22.7 Å². The summed E-state index contributed by atoms with van der Waals surface area (Å²) in [5.41, 5.74) is 0.577. The number of benzene rings is 1. The molecule has 0 saturated carbocycles. The molecule has 1 saturated heterocycles. The van der Waals surface area contributed by atoms with Crippen LogP contribution in [0, 0.1) is 4.77 Å². The number of amides is 1. The Balaban J connectivity index is 1.56. The lowest BCUT2D eigenvalue weighted by Gasteiger charge is -2.35. The number of aromatic amines is 1. The standard InChI is InChI=1S/C21H30N4O2S/c1-2-3-12-24-13-7-6-8-16(24)15-22-19(26)11-14-25-20(27)17-9-4-5-10-18(17)23-21(25)28/h4-5,9-10,16H,2-3,6-8,11-15H2,1H3,(H,22,26)(H,23,28). The predicted molar refractivity (Wildman–Crippen MR) is 115 cm³/mol. The van der Waals surface area contributed by atoms with Crippen LogP contribution in [0.3, 0.4) is 0 Å². The third-order valence-corrected chi connectivity index (χ3v) is 5.86. The third kappa shape index (κ3) is 5.08. The van der Waals surface area contributed by atoms with Crippen molar-refractivity contribution in [3.8, 4) is 0 Å². The van der Waals surface area contributed by atoms with E-state index in [1.54, 1.807) is 6.07 Å². The van der Waals surface area contributed by atoms with Crippen molar-refractivity contribution < 1.29 is 4.79 Å². The lowest BCUT2D eigenvalue weighted by molar-refractivity contribution is -0.121. The van der Waals surface area contributed by atoms with Gasteiger partial charge < -0.3 is 10.3 Å². The van der Waals surface area contributed by atoms with Crippen molar-refractivity contribution in [2.24, 2.45) is 0 Å². The highest BCUT2D eigenvalue weighted by Gasteiger charge is 2.22. The first-order valence-corrected chi connectivity index (χ1v) is 10.7. The van der Waals surface area contributed by atoms with E-state index in [-0.39, 0.29) is 24.4 Å². The van der Waals surface area contributed by atoms with Gasteiger partial charge in [0.2, 0.25) is 5.91 Å². The van der Waals surface area contributed by atoms with E-state index in [9.17, 15) is 9.59 Å². The van der Waals surface area contributed by atoms with Crippen LogP contribution in [0.5, 0.6) is 0 Å². The van der Waals surface area contributed by atoms with Gasteiger partial charge in [-0.05, 0) is 56.7 Å². The van der Waals surface area contributed by atoms with Crippen molar-refractivity contribution in [3.63, 3.8) is 0 Å². The molecular weight excluding hydrogens is 372 g/mol. The second-order valence-electron chi connectivity index (χ2n) is 7.53. The summed E-state index contributed by atoms with van der Waals surface area (Å²) in [5.74, 6) is -0.0320. The highest BCUT2D eigenvalue weighted by molar-refractivity contribution is 7.71. The molecule has 2 heterocycles. The average molecular weight is 403 g/mol. The number of para-hydroxylation sites is 1. The molecule has 1 fully saturated rings. The van der Waals surface area contributed by atoms with Crippen LogP contribution in [0.2, 0.25) is 0 Å². The van der Waals surface area contributed by atoms with E-state index in [0.717, 1.165) is 25.0 Å². The summed E-state index contributed by atoms with van der Waals surface area (Å²) < 4.78 is 1.83. The van der Waals surface area contributed by atoms with Gasteiger partial charge in [-0.25, -0.2) is 0 Å². The number of carbonyl (C=O) groups excluding carboxylic acids is 1. The van der Waals surface area contributed by atoms with Gasteiger partial charge in [0.15, 0.2) is 4.77 Å². The Labute approximate surface area is 170 Å². The first-order chi connectivity index (χ1) is 13.6. The van der Waals surface area contributed by atoms with E-state index >= 15 is 0 Å². The molecule has 1 aromatic carbocycles. The minimum atomic E-state index is -0.148. The second-order valence-corrected chi connectivity index (χ2v) is 7.91. The van der Waals surface area contributed by atoms with Crippen molar-refractivity contribution in [1.29, 1.82) is 0 Å². The summed E-state index contributed by atoms with van der Waals surface area (Å²) in [6, 6.07) is 7.72. The molecular formula is C21H30N4O2S. The summed E-state index contributed by atoms with van der Waals surface area (Å²) >= 11 is 5.31. The van der Waals surface area contributed by atoms with Crippen LogP contribution in [-0.4, -0.2) is 46.0 Å². The van der Waals surface area contributed by atoms with E-state index < -0.39 is 0 Å². The summed E-state index contributed by atoms with van der Waals surface area (Å²) in [4.78, 5) is 30.6. The molecule has 0 radical (unpaired) electrons. The van der Waals surface area contributed by atoms with Crippen LogP contribution < -0.4 is 10.9 Å². The molecule has 2 aromatic rings. The van der Waals surface area contributed by atoms with Crippen molar-refractivity contribution in [2.45, 2.75) is 58.0 Å². The average Bonchev–Trinajstić information content (AvgIpc) is 2.71. The lowest BCUT2D eigenvalue weighted by atomic mass is 10.0. The number of carbonyl (C=O) groups is 1. The van der Waals surface area contributed by atoms with Gasteiger partial charge in [0.1, 0.15) is 0 Å². The Morgan fingerprint density at radius 3 is 2.93 bits per heavy atom. The molecule has 7 heteroatoms. The number of hydrogen-bond acceptors (Lipinski definition) is 4. The van der Waals surface area contributed by atoms with Gasteiger partial charge in [-0.15, -0.1) is 0 Å². The zero-order valence-electron chi connectivity index (χ0n) is 16.6. The lowest BCUT2D eigenvalue weighted by Crippen LogP contribution is -2.47. The van der Waals surface area contributed by atoms with Gasteiger partial charge in [0.05, 0.1) is 10.9 Å². The Bertz CT molecular complexity index is 920. The molecule has 1 aliphatic rings. The molecule has 3 rings (SSSR count). The fraction of sp³-hybridized carbons (Fsp3) is 0.571. The molecule has 2 N–H and O–H groups in total. The Hall–Kier alpha value is -1.99. The first-order valence-electron chi connectivity index (χ1n) is 10.3. The van der Waals surface area contributed by atoms with Crippen molar-refractivity contribution in [3.05, 3.63) is 39.4 Å². The van der Waals surface area contributed by atoms with Crippen molar-refractivity contribution in [2.75, 3.05) is 19.6 Å². The molecule has 1 amide bonds. The van der Waals surface area contributed by atoms with Gasteiger partial charge in [-0.2, -0.15) is 0 Å².